The van der Waals surface area contributed by atoms with Crippen molar-refractivity contribution in [2.45, 2.75) is 44.2 Å². The van der Waals surface area contributed by atoms with Gasteiger partial charge in [-0.3, -0.25) is 0 Å². The van der Waals surface area contributed by atoms with Gasteiger partial charge in [0.1, 0.15) is 5.82 Å². The van der Waals surface area contributed by atoms with E-state index in [2.05, 4.69) is 27.3 Å². The fourth-order valence-electron chi connectivity index (χ4n) is 3.00. The number of pyridine rings is 1. The molecule has 2 aliphatic rings. The van der Waals surface area contributed by atoms with E-state index in [1.165, 1.54) is 31.4 Å². The van der Waals surface area contributed by atoms with Gasteiger partial charge in [-0.1, -0.05) is 12.8 Å². The van der Waals surface area contributed by atoms with Crippen LogP contribution in [0.3, 0.4) is 0 Å². The molecule has 0 spiro atoms. The van der Waals surface area contributed by atoms with Gasteiger partial charge in [0.15, 0.2) is 0 Å². The van der Waals surface area contributed by atoms with Crippen LogP contribution in [0, 0.1) is 0 Å². The lowest BCUT2D eigenvalue weighted by molar-refractivity contribution is 0.749. The number of nitrogens with one attached hydrogen (secondary N) is 1. The van der Waals surface area contributed by atoms with E-state index in [9.17, 15) is 0 Å². The molecule has 0 radical (unpaired) electrons. The van der Waals surface area contributed by atoms with E-state index in [0.717, 1.165) is 25.3 Å². The van der Waals surface area contributed by atoms with Gasteiger partial charge >= 0.3 is 0 Å². The smallest absolute Gasteiger partial charge is 0.128 e. The molecule has 4 heteroatoms. The third kappa shape index (κ3) is 2.58. The first-order valence-electron chi connectivity index (χ1n) is 7.04. The normalized spacial score (nSPS) is 24.7. The molecule has 0 aromatic carbocycles. The molecule has 1 aliphatic heterocycles. The van der Waals surface area contributed by atoms with Gasteiger partial charge in [0, 0.05) is 43.1 Å². The fraction of sp³-hybridized carbons (Fsp3) is 0.643. The van der Waals surface area contributed by atoms with Gasteiger partial charge in [0.05, 0.1) is 0 Å². The summed E-state index contributed by atoms with van der Waals surface area (Å²) in [6, 6.07) is 5.19. The van der Waals surface area contributed by atoms with Gasteiger partial charge in [-0.15, -0.1) is 0 Å². The maximum absolute atomic E-state index is 5.96. The van der Waals surface area contributed by atoms with Crippen molar-refractivity contribution < 1.29 is 0 Å². The molecule has 0 unspecified atom stereocenters. The molecule has 3 N–H and O–H groups in total. The topological polar surface area (TPSA) is 54.2 Å². The number of aromatic nitrogens is 1. The number of nitrogens with two attached hydrogens (primary N) is 1. The molecule has 1 atom stereocenters. The highest BCUT2D eigenvalue weighted by atomic mass is 15.2. The van der Waals surface area contributed by atoms with Crippen LogP contribution in [-0.4, -0.2) is 30.2 Å². The Morgan fingerprint density at radius 2 is 2.11 bits per heavy atom. The first-order chi connectivity index (χ1) is 8.81. The zero-order chi connectivity index (χ0) is 12.4. The molecule has 98 valence electrons. The van der Waals surface area contributed by atoms with Crippen molar-refractivity contribution in [3.8, 4) is 0 Å². The minimum Gasteiger partial charge on any atom is -0.370 e. The third-order valence-electron chi connectivity index (χ3n) is 4.04. The summed E-state index contributed by atoms with van der Waals surface area (Å²) >= 11 is 0. The van der Waals surface area contributed by atoms with E-state index in [4.69, 9.17) is 5.73 Å². The highest BCUT2D eigenvalue weighted by Gasteiger charge is 2.20. The first-order valence-corrected chi connectivity index (χ1v) is 7.04. The minimum atomic E-state index is 0.324. The Morgan fingerprint density at radius 3 is 2.83 bits per heavy atom. The zero-order valence-corrected chi connectivity index (χ0v) is 10.8. The van der Waals surface area contributed by atoms with Crippen molar-refractivity contribution in [2.24, 2.45) is 5.73 Å². The highest BCUT2D eigenvalue weighted by molar-refractivity contribution is 5.55. The lowest BCUT2D eigenvalue weighted by Crippen LogP contribution is -2.26. The van der Waals surface area contributed by atoms with Gasteiger partial charge in [0.2, 0.25) is 0 Å². The van der Waals surface area contributed by atoms with Crippen molar-refractivity contribution in [1.82, 2.24) is 4.98 Å². The highest BCUT2D eigenvalue weighted by Crippen LogP contribution is 2.25. The van der Waals surface area contributed by atoms with Crippen LogP contribution >= 0.6 is 0 Å². The Bertz CT molecular complexity index is 401. The Morgan fingerprint density at radius 1 is 1.28 bits per heavy atom. The second-order valence-corrected chi connectivity index (χ2v) is 5.52. The predicted molar refractivity (Wildman–Crippen MR) is 74.9 cm³/mol. The average molecular weight is 246 g/mol. The van der Waals surface area contributed by atoms with Crippen molar-refractivity contribution in [2.75, 3.05) is 23.3 Å². The molecule has 4 nitrogen and oxygen atoms in total. The minimum absolute atomic E-state index is 0.324. The van der Waals surface area contributed by atoms with Crippen LogP contribution in [0.25, 0.3) is 0 Å². The van der Waals surface area contributed by atoms with E-state index in [0.29, 0.717) is 12.1 Å². The molecule has 3 rings (SSSR count). The van der Waals surface area contributed by atoms with Crippen molar-refractivity contribution in [3.05, 3.63) is 18.3 Å². The van der Waals surface area contributed by atoms with Crippen LogP contribution in [0.5, 0.6) is 0 Å². The first kappa shape index (κ1) is 11.8. The van der Waals surface area contributed by atoms with Gasteiger partial charge in [0.25, 0.3) is 0 Å². The third-order valence-corrected chi connectivity index (χ3v) is 4.04. The summed E-state index contributed by atoms with van der Waals surface area (Å²) in [5, 5.41) is 3.55. The molecule has 1 aromatic heterocycles. The van der Waals surface area contributed by atoms with Gasteiger partial charge in [-0.05, 0) is 25.3 Å². The maximum atomic E-state index is 5.96. The Kier molecular flexibility index (Phi) is 3.37. The van der Waals surface area contributed by atoms with Crippen molar-refractivity contribution in [1.29, 1.82) is 0 Å². The molecular weight excluding hydrogens is 224 g/mol. The van der Waals surface area contributed by atoms with Crippen molar-refractivity contribution >= 4 is 11.5 Å². The quantitative estimate of drug-likeness (QED) is 0.856. The van der Waals surface area contributed by atoms with Crippen LogP contribution in [-0.2, 0) is 0 Å². The number of nitrogens with zero attached hydrogens (tertiary/aromatic N) is 2. The molecular formula is C14H22N4. The second-order valence-electron chi connectivity index (χ2n) is 5.52. The monoisotopic (exact) mass is 246 g/mol. The second kappa shape index (κ2) is 5.14. The summed E-state index contributed by atoms with van der Waals surface area (Å²) in [4.78, 5) is 6.78. The molecule has 1 aliphatic carbocycles. The van der Waals surface area contributed by atoms with E-state index < -0.39 is 0 Å². The van der Waals surface area contributed by atoms with E-state index in [1.807, 2.05) is 6.20 Å². The Hall–Kier alpha value is -1.29. The summed E-state index contributed by atoms with van der Waals surface area (Å²) < 4.78 is 0. The van der Waals surface area contributed by atoms with E-state index >= 15 is 0 Å². The molecule has 1 saturated carbocycles. The summed E-state index contributed by atoms with van der Waals surface area (Å²) in [6.45, 7) is 2.03. The summed E-state index contributed by atoms with van der Waals surface area (Å²) in [7, 11) is 0. The van der Waals surface area contributed by atoms with Gasteiger partial charge < -0.3 is 16.0 Å². The van der Waals surface area contributed by atoms with E-state index in [-0.39, 0.29) is 0 Å². The largest absolute Gasteiger partial charge is 0.370 e. The number of rotatable bonds is 3. The lowest BCUT2D eigenvalue weighted by Gasteiger charge is -2.19. The van der Waals surface area contributed by atoms with Gasteiger partial charge in [-0.25, -0.2) is 4.98 Å². The molecule has 18 heavy (non-hydrogen) atoms. The Labute approximate surface area is 109 Å². The lowest BCUT2D eigenvalue weighted by atomic mass is 10.2. The van der Waals surface area contributed by atoms with Crippen LogP contribution in [0.2, 0.25) is 0 Å². The molecule has 1 saturated heterocycles. The molecule has 0 amide bonds. The van der Waals surface area contributed by atoms with Crippen LogP contribution in [0.4, 0.5) is 11.5 Å². The summed E-state index contributed by atoms with van der Waals surface area (Å²) in [5.74, 6) is 1.01. The number of hydrogen-bond acceptors (Lipinski definition) is 4. The zero-order valence-electron chi connectivity index (χ0n) is 10.8. The van der Waals surface area contributed by atoms with Crippen LogP contribution in [0.15, 0.2) is 18.3 Å². The SMILES string of the molecule is N[C@H]1CCN(c2ccnc(NC3CCCC3)c2)C1. The molecule has 1 aromatic rings. The number of anilines is 2. The molecule has 0 bridgehead atoms. The standard InChI is InChI=1S/C14H22N4/c15-11-6-8-18(10-11)13-5-7-16-14(9-13)17-12-3-1-2-4-12/h5,7,9,11-12H,1-4,6,8,10,15H2,(H,16,17)/t11-/m0/s1. The van der Waals surface area contributed by atoms with Crippen LogP contribution < -0.4 is 16.0 Å². The Balaban J connectivity index is 1.68. The average Bonchev–Trinajstić information content (AvgIpc) is 3.01. The van der Waals surface area contributed by atoms with Crippen LogP contribution in [0.1, 0.15) is 32.1 Å². The van der Waals surface area contributed by atoms with Crippen molar-refractivity contribution in [3.63, 3.8) is 0 Å². The summed E-state index contributed by atoms with van der Waals surface area (Å²) in [6.07, 6.45) is 8.24. The molecule has 2 heterocycles. The fourth-order valence-corrected chi connectivity index (χ4v) is 3.00. The maximum Gasteiger partial charge on any atom is 0.128 e. The van der Waals surface area contributed by atoms with Gasteiger partial charge in [-0.2, -0.15) is 0 Å². The number of hydrogen-bond donors (Lipinski definition) is 2. The summed E-state index contributed by atoms with van der Waals surface area (Å²) in [5.41, 5.74) is 7.21. The molecule has 2 fully saturated rings. The van der Waals surface area contributed by atoms with E-state index in [1.54, 1.807) is 0 Å². The predicted octanol–water partition coefficient (Wildman–Crippen LogP) is 1.97.